The van der Waals surface area contributed by atoms with Crippen molar-refractivity contribution in [3.8, 4) is 5.75 Å². The molecule has 0 radical (unpaired) electrons. The summed E-state index contributed by atoms with van der Waals surface area (Å²) in [5.74, 6) is 1.71. The number of hydrogen-bond donors (Lipinski definition) is 2. The Morgan fingerprint density at radius 2 is 1.84 bits per heavy atom. The first-order valence-electron chi connectivity index (χ1n) is 9.11. The van der Waals surface area contributed by atoms with Crippen LogP contribution in [-0.2, 0) is 11.3 Å². The van der Waals surface area contributed by atoms with Crippen molar-refractivity contribution in [1.82, 2.24) is 15.5 Å². The van der Waals surface area contributed by atoms with Crippen molar-refractivity contribution < 1.29 is 9.47 Å². The van der Waals surface area contributed by atoms with Gasteiger partial charge in [0.2, 0.25) is 0 Å². The van der Waals surface area contributed by atoms with Crippen molar-refractivity contribution in [2.75, 3.05) is 53.6 Å². The smallest absolute Gasteiger partial charge is 0.191 e. The minimum atomic E-state index is 0.633. The Kier molecular flexibility index (Phi) is 11.5. The van der Waals surface area contributed by atoms with Crippen molar-refractivity contribution in [3.05, 3.63) is 29.8 Å². The summed E-state index contributed by atoms with van der Waals surface area (Å²) in [7, 11) is 3.79. The van der Waals surface area contributed by atoms with Crippen molar-refractivity contribution >= 4 is 5.96 Å². The molecular formula is C19H34N4O2. The molecule has 0 spiro atoms. The summed E-state index contributed by atoms with van der Waals surface area (Å²) < 4.78 is 10.6. The lowest BCUT2D eigenvalue weighted by molar-refractivity contribution is 0.145. The molecule has 0 heterocycles. The van der Waals surface area contributed by atoms with Crippen LogP contribution in [0, 0.1) is 0 Å². The first-order valence-corrected chi connectivity index (χ1v) is 9.11. The first-order chi connectivity index (χ1) is 12.2. The molecule has 6 heteroatoms. The number of nitrogens with one attached hydrogen (secondary N) is 2. The third-order valence-electron chi connectivity index (χ3n) is 3.87. The highest BCUT2D eigenvalue weighted by molar-refractivity contribution is 5.79. The van der Waals surface area contributed by atoms with Crippen LogP contribution in [-0.4, -0.2) is 64.4 Å². The highest BCUT2D eigenvalue weighted by Gasteiger charge is 2.01. The Bertz CT molecular complexity index is 477. The molecule has 1 aromatic rings. The summed E-state index contributed by atoms with van der Waals surface area (Å²) in [6, 6.07) is 8.01. The Morgan fingerprint density at radius 3 is 2.48 bits per heavy atom. The van der Waals surface area contributed by atoms with E-state index in [-0.39, 0.29) is 0 Å². The quantitative estimate of drug-likeness (QED) is 0.343. The van der Waals surface area contributed by atoms with E-state index in [1.165, 1.54) is 0 Å². The molecule has 0 saturated heterocycles. The number of benzene rings is 1. The number of rotatable bonds is 12. The van der Waals surface area contributed by atoms with E-state index >= 15 is 0 Å². The fraction of sp³-hybridized carbons (Fsp3) is 0.632. The summed E-state index contributed by atoms with van der Waals surface area (Å²) in [6.45, 7) is 10.1. The van der Waals surface area contributed by atoms with Gasteiger partial charge in [0.15, 0.2) is 5.96 Å². The second-order valence-electron chi connectivity index (χ2n) is 5.81. The maximum absolute atomic E-state index is 5.37. The monoisotopic (exact) mass is 350 g/mol. The molecule has 6 nitrogen and oxygen atoms in total. The van der Waals surface area contributed by atoms with Gasteiger partial charge in [0, 0.05) is 32.8 Å². The molecule has 0 amide bonds. The van der Waals surface area contributed by atoms with Gasteiger partial charge < -0.3 is 25.0 Å². The molecule has 0 fully saturated rings. The topological polar surface area (TPSA) is 58.1 Å². The fourth-order valence-corrected chi connectivity index (χ4v) is 2.12. The van der Waals surface area contributed by atoms with Gasteiger partial charge in [-0.05, 0) is 44.6 Å². The van der Waals surface area contributed by atoms with Crippen molar-refractivity contribution in [2.24, 2.45) is 4.99 Å². The van der Waals surface area contributed by atoms with Crippen LogP contribution in [0.25, 0.3) is 0 Å². The summed E-state index contributed by atoms with van der Waals surface area (Å²) >= 11 is 0. The zero-order valence-corrected chi connectivity index (χ0v) is 16.2. The minimum Gasteiger partial charge on any atom is -0.497 e. The van der Waals surface area contributed by atoms with Crippen molar-refractivity contribution in [2.45, 2.75) is 26.8 Å². The van der Waals surface area contributed by atoms with E-state index in [0.717, 1.165) is 63.1 Å². The van der Waals surface area contributed by atoms with Gasteiger partial charge >= 0.3 is 0 Å². The van der Waals surface area contributed by atoms with Gasteiger partial charge in [-0.1, -0.05) is 19.1 Å². The molecule has 0 unspecified atom stereocenters. The normalized spacial score (nSPS) is 11.6. The third-order valence-corrected chi connectivity index (χ3v) is 3.87. The molecular weight excluding hydrogens is 316 g/mol. The van der Waals surface area contributed by atoms with E-state index in [1.54, 1.807) is 7.11 Å². The molecule has 0 aliphatic heterocycles. The number of nitrogens with zero attached hydrogens (tertiary/aromatic N) is 2. The third kappa shape index (κ3) is 9.94. The van der Waals surface area contributed by atoms with Gasteiger partial charge in [-0.25, -0.2) is 4.99 Å². The number of aliphatic imine (C=N–C) groups is 1. The largest absolute Gasteiger partial charge is 0.497 e. The highest BCUT2D eigenvalue weighted by atomic mass is 16.5. The lowest BCUT2D eigenvalue weighted by Crippen LogP contribution is -2.41. The Hall–Kier alpha value is -1.79. The van der Waals surface area contributed by atoms with Gasteiger partial charge in [0.25, 0.3) is 0 Å². The fourth-order valence-electron chi connectivity index (χ4n) is 2.12. The highest BCUT2D eigenvalue weighted by Crippen LogP contribution is 2.11. The number of hydrogen-bond acceptors (Lipinski definition) is 4. The van der Waals surface area contributed by atoms with E-state index in [9.17, 15) is 0 Å². The average molecular weight is 351 g/mol. The van der Waals surface area contributed by atoms with Crippen LogP contribution in [0.1, 0.15) is 25.8 Å². The van der Waals surface area contributed by atoms with E-state index in [4.69, 9.17) is 9.47 Å². The molecule has 0 bridgehead atoms. The van der Waals surface area contributed by atoms with Crippen LogP contribution < -0.4 is 15.4 Å². The standard InChI is InChI=1S/C19H34N4O2/c1-5-23(3)14-13-21-19(20-12-7-15-25-6-2)22-16-17-8-10-18(24-4)11-9-17/h8-11H,5-7,12-16H2,1-4H3,(H2,20,21,22). The predicted molar refractivity (Wildman–Crippen MR) is 104 cm³/mol. The van der Waals surface area contributed by atoms with Crippen LogP contribution in [0.15, 0.2) is 29.3 Å². The van der Waals surface area contributed by atoms with E-state index in [2.05, 4.69) is 34.5 Å². The molecule has 142 valence electrons. The lowest BCUT2D eigenvalue weighted by Gasteiger charge is -2.17. The number of guanidine groups is 1. The number of ether oxygens (including phenoxy) is 2. The summed E-state index contributed by atoms with van der Waals surface area (Å²) in [5.41, 5.74) is 1.15. The second kappa shape index (κ2) is 13.5. The second-order valence-corrected chi connectivity index (χ2v) is 5.81. The predicted octanol–water partition coefficient (Wildman–Crippen LogP) is 2.11. The lowest BCUT2D eigenvalue weighted by atomic mass is 10.2. The van der Waals surface area contributed by atoms with Crippen LogP contribution in [0.2, 0.25) is 0 Å². The molecule has 0 atom stereocenters. The minimum absolute atomic E-state index is 0.633. The first kappa shape index (κ1) is 21.3. The summed E-state index contributed by atoms with van der Waals surface area (Å²) in [6.07, 6.45) is 0.964. The van der Waals surface area contributed by atoms with E-state index < -0.39 is 0 Å². The average Bonchev–Trinajstić information content (AvgIpc) is 2.65. The molecule has 0 aliphatic rings. The molecule has 0 saturated carbocycles. The molecule has 1 aromatic carbocycles. The van der Waals surface area contributed by atoms with E-state index in [1.807, 2.05) is 31.2 Å². The summed E-state index contributed by atoms with van der Waals surface area (Å²) in [4.78, 5) is 6.95. The molecule has 0 aliphatic carbocycles. The SMILES string of the molecule is CCOCCCNC(=NCc1ccc(OC)cc1)NCCN(C)CC. The van der Waals surface area contributed by atoms with Crippen LogP contribution in [0.4, 0.5) is 0 Å². The summed E-state index contributed by atoms with van der Waals surface area (Å²) in [5, 5.41) is 6.78. The Balaban J connectivity index is 2.50. The maximum atomic E-state index is 5.37. The van der Waals surface area contributed by atoms with Gasteiger partial charge in [0.05, 0.1) is 13.7 Å². The molecule has 25 heavy (non-hydrogen) atoms. The number of likely N-dealkylation sites (N-methyl/N-ethyl adjacent to an activating group) is 1. The van der Waals surface area contributed by atoms with Gasteiger partial charge in [-0.15, -0.1) is 0 Å². The molecule has 0 aromatic heterocycles. The van der Waals surface area contributed by atoms with Crippen molar-refractivity contribution in [1.29, 1.82) is 0 Å². The molecule has 1 rings (SSSR count). The zero-order valence-electron chi connectivity index (χ0n) is 16.2. The van der Waals surface area contributed by atoms with Crippen LogP contribution in [0.3, 0.4) is 0 Å². The van der Waals surface area contributed by atoms with Gasteiger partial charge in [-0.2, -0.15) is 0 Å². The Morgan fingerprint density at radius 1 is 1.12 bits per heavy atom. The van der Waals surface area contributed by atoms with E-state index in [0.29, 0.717) is 6.54 Å². The Labute approximate surface area is 152 Å². The van der Waals surface area contributed by atoms with Crippen LogP contribution >= 0.6 is 0 Å². The molecule has 2 N–H and O–H groups in total. The maximum Gasteiger partial charge on any atom is 0.191 e. The van der Waals surface area contributed by atoms with Gasteiger partial charge in [0.1, 0.15) is 5.75 Å². The van der Waals surface area contributed by atoms with Gasteiger partial charge in [-0.3, -0.25) is 0 Å². The van der Waals surface area contributed by atoms with Crippen LogP contribution in [0.5, 0.6) is 5.75 Å². The van der Waals surface area contributed by atoms with Crippen molar-refractivity contribution in [3.63, 3.8) is 0 Å². The number of methoxy groups -OCH3 is 1. The zero-order chi connectivity index (χ0) is 18.3.